The minimum Gasteiger partial charge on any atom is -0.423 e. The molecule has 3 rings (SSSR count). The fourth-order valence-electron chi connectivity index (χ4n) is 2.68. The molecule has 0 radical (unpaired) electrons. The van der Waals surface area contributed by atoms with Crippen LogP contribution in [0.2, 0.25) is 5.02 Å². The van der Waals surface area contributed by atoms with Gasteiger partial charge in [0, 0.05) is 31.2 Å². The van der Waals surface area contributed by atoms with Crippen LogP contribution in [0.1, 0.15) is 0 Å². The van der Waals surface area contributed by atoms with Crippen molar-refractivity contribution in [3.8, 4) is 5.75 Å². The van der Waals surface area contributed by atoms with E-state index in [1.807, 2.05) is 11.9 Å². The summed E-state index contributed by atoms with van der Waals surface area (Å²) in [6.07, 6.45) is 0. The second kappa shape index (κ2) is 6.14. The van der Waals surface area contributed by atoms with Crippen LogP contribution in [-0.4, -0.2) is 68.0 Å². The molecule has 6 nitrogen and oxygen atoms in total. The van der Waals surface area contributed by atoms with Crippen molar-refractivity contribution < 1.29 is 14.3 Å². The van der Waals surface area contributed by atoms with Gasteiger partial charge in [-0.1, -0.05) is 11.6 Å². The van der Waals surface area contributed by atoms with E-state index >= 15 is 0 Å². The number of hydrogen-bond donors (Lipinski definition) is 0. The second-order valence-electron chi connectivity index (χ2n) is 5.63. The molecule has 0 aliphatic carbocycles. The van der Waals surface area contributed by atoms with Gasteiger partial charge < -0.3 is 19.4 Å². The monoisotopic (exact) mass is 323 g/mol. The highest BCUT2D eigenvalue weighted by molar-refractivity contribution is 6.31. The lowest BCUT2D eigenvalue weighted by atomic mass is 10.2. The Morgan fingerprint density at radius 2 is 2.00 bits per heavy atom. The van der Waals surface area contributed by atoms with Crippen molar-refractivity contribution >= 4 is 29.2 Å². The number of carbonyl (C=O) groups excluding carboxylic acids is 2. The molecule has 1 aromatic carbocycles. The molecule has 0 atom stereocenters. The number of nitrogens with zero attached hydrogens (tertiary/aromatic N) is 3. The molecular formula is C15H18ClN3O3. The van der Waals surface area contributed by atoms with E-state index in [4.69, 9.17) is 16.3 Å². The van der Waals surface area contributed by atoms with E-state index < -0.39 is 0 Å². The van der Waals surface area contributed by atoms with Crippen molar-refractivity contribution in [2.24, 2.45) is 0 Å². The van der Waals surface area contributed by atoms with Crippen LogP contribution in [0.5, 0.6) is 5.75 Å². The van der Waals surface area contributed by atoms with Crippen molar-refractivity contribution in [2.75, 3.05) is 51.2 Å². The van der Waals surface area contributed by atoms with Gasteiger partial charge in [-0.2, -0.15) is 0 Å². The smallest absolute Gasteiger partial charge is 0.331 e. The van der Waals surface area contributed by atoms with E-state index in [0.29, 0.717) is 16.5 Å². The number of esters is 1. The Bertz CT molecular complexity index is 600. The molecular weight excluding hydrogens is 306 g/mol. The quantitative estimate of drug-likeness (QED) is 0.596. The lowest BCUT2D eigenvalue weighted by Crippen LogP contribution is -2.51. The molecule has 2 aliphatic rings. The maximum Gasteiger partial charge on any atom is 0.331 e. The SMILES string of the molecule is CN1CCN(C(=O)CN2CC(=O)Oc3ccc(Cl)cc32)CC1. The van der Waals surface area contributed by atoms with Crippen LogP contribution in [0.15, 0.2) is 18.2 Å². The van der Waals surface area contributed by atoms with Gasteiger partial charge >= 0.3 is 5.97 Å². The summed E-state index contributed by atoms with van der Waals surface area (Å²) in [7, 11) is 2.04. The van der Waals surface area contributed by atoms with E-state index in [1.54, 1.807) is 23.1 Å². The van der Waals surface area contributed by atoms with Gasteiger partial charge in [0.1, 0.15) is 6.54 Å². The fourth-order valence-corrected chi connectivity index (χ4v) is 2.85. The van der Waals surface area contributed by atoms with E-state index in [0.717, 1.165) is 26.2 Å². The van der Waals surface area contributed by atoms with E-state index in [9.17, 15) is 9.59 Å². The molecule has 1 fully saturated rings. The summed E-state index contributed by atoms with van der Waals surface area (Å²) in [6.45, 7) is 3.40. The molecule has 118 valence electrons. The summed E-state index contributed by atoms with van der Waals surface area (Å²) in [6, 6.07) is 5.04. The predicted octanol–water partition coefficient (Wildman–Crippen LogP) is 0.839. The van der Waals surface area contributed by atoms with Gasteiger partial charge in [-0.25, -0.2) is 4.79 Å². The van der Waals surface area contributed by atoms with Gasteiger partial charge in [0.15, 0.2) is 5.75 Å². The number of hydrogen-bond acceptors (Lipinski definition) is 5. The Morgan fingerprint density at radius 3 is 2.73 bits per heavy atom. The Kier molecular flexibility index (Phi) is 4.22. The predicted molar refractivity (Wildman–Crippen MR) is 83.4 cm³/mol. The Labute approximate surface area is 134 Å². The van der Waals surface area contributed by atoms with E-state index in [2.05, 4.69) is 4.90 Å². The molecule has 1 amide bonds. The molecule has 0 unspecified atom stereocenters. The summed E-state index contributed by atoms with van der Waals surface area (Å²) in [5, 5.41) is 0.550. The van der Waals surface area contributed by atoms with Gasteiger partial charge in [-0.15, -0.1) is 0 Å². The van der Waals surface area contributed by atoms with Crippen LogP contribution >= 0.6 is 11.6 Å². The molecule has 0 N–H and O–H groups in total. The number of amides is 1. The molecule has 2 heterocycles. The molecule has 1 saturated heterocycles. The van der Waals surface area contributed by atoms with E-state index in [1.165, 1.54) is 0 Å². The number of carbonyl (C=O) groups is 2. The third-order valence-electron chi connectivity index (χ3n) is 3.99. The molecule has 0 bridgehead atoms. The Hall–Kier alpha value is -1.79. The molecule has 2 aliphatic heterocycles. The summed E-state index contributed by atoms with van der Waals surface area (Å²) < 4.78 is 5.19. The molecule has 22 heavy (non-hydrogen) atoms. The minimum absolute atomic E-state index is 0.0220. The van der Waals surface area contributed by atoms with Crippen LogP contribution in [0, 0.1) is 0 Å². The highest BCUT2D eigenvalue weighted by Gasteiger charge is 2.28. The summed E-state index contributed by atoms with van der Waals surface area (Å²) in [5.41, 5.74) is 0.689. The first-order valence-corrected chi connectivity index (χ1v) is 7.62. The van der Waals surface area contributed by atoms with Crippen LogP contribution in [-0.2, 0) is 9.59 Å². The maximum absolute atomic E-state index is 12.5. The highest BCUT2D eigenvalue weighted by atomic mass is 35.5. The zero-order valence-electron chi connectivity index (χ0n) is 12.4. The standard InChI is InChI=1S/C15H18ClN3O3/c1-17-4-6-18(7-5-17)14(20)9-19-10-15(21)22-13-3-2-11(16)8-12(13)19/h2-3,8H,4-7,9-10H2,1H3. The number of fused-ring (bicyclic) bond motifs is 1. The van der Waals surface area contributed by atoms with Crippen LogP contribution < -0.4 is 9.64 Å². The number of piperazine rings is 1. The van der Waals surface area contributed by atoms with Crippen molar-refractivity contribution in [1.82, 2.24) is 9.80 Å². The lowest BCUT2D eigenvalue weighted by Gasteiger charge is -2.35. The van der Waals surface area contributed by atoms with Crippen LogP contribution in [0.3, 0.4) is 0 Å². The van der Waals surface area contributed by atoms with Crippen molar-refractivity contribution in [1.29, 1.82) is 0 Å². The minimum atomic E-state index is -0.360. The number of likely N-dealkylation sites (N-methyl/N-ethyl adjacent to an activating group) is 1. The van der Waals surface area contributed by atoms with Crippen molar-refractivity contribution in [3.05, 3.63) is 23.2 Å². The molecule has 1 aromatic rings. The van der Waals surface area contributed by atoms with Crippen molar-refractivity contribution in [3.63, 3.8) is 0 Å². The van der Waals surface area contributed by atoms with Crippen LogP contribution in [0.4, 0.5) is 5.69 Å². The third-order valence-corrected chi connectivity index (χ3v) is 4.22. The van der Waals surface area contributed by atoms with Gasteiger partial charge in [0.2, 0.25) is 5.91 Å². The van der Waals surface area contributed by atoms with Gasteiger partial charge in [0.05, 0.1) is 12.2 Å². The maximum atomic E-state index is 12.5. The molecule has 0 aromatic heterocycles. The lowest BCUT2D eigenvalue weighted by molar-refractivity contribution is -0.134. The Morgan fingerprint density at radius 1 is 1.27 bits per heavy atom. The number of rotatable bonds is 2. The Balaban J connectivity index is 1.74. The molecule has 0 saturated carbocycles. The largest absolute Gasteiger partial charge is 0.423 e. The normalized spacial score (nSPS) is 18.9. The van der Waals surface area contributed by atoms with E-state index in [-0.39, 0.29) is 25.0 Å². The van der Waals surface area contributed by atoms with Gasteiger partial charge in [-0.3, -0.25) is 4.79 Å². The highest BCUT2D eigenvalue weighted by Crippen LogP contribution is 2.34. The van der Waals surface area contributed by atoms with Crippen LogP contribution in [0.25, 0.3) is 0 Å². The van der Waals surface area contributed by atoms with Gasteiger partial charge in [-0.05, 0) is 25.2 Å². The first kappa shape index (κ1) is 15.1. The summed E-state index contributed by atoms with van der Waals surface area (Å²) in [4.78, 5) is 29.9. The average molecular weight is 324 g/mol. The summed E-state index contributed by atoms with van der Waals surface area (Å²) in [5.74, 6) is 0.113. The molecule has 7 heteroatoms. The third kappa shape index (κ3) is 3.18. The first-order valence-electron chi connectivity index (χ1n) is 7.24. The zero-order chi connectivity index (χ0) is 15.7. The first-order chi connectivity index (χ1) is 10.5. The molecule has 0 spiro atoms. The fraction of sp³-hybridized carbons (Fsp3) is 0.467. The number of halogens is 1. The average Bonchev–Trinajstić information content (AvgIpc) is 2.48. The zero-order valence-corrected chi connectivity index (χ0v) is 13.2. The van der Waals surface area contributed by atoms with Gasteiger partial charge in [0.25, 0.3) is 0 Å². The summed E-state index contributed by atoms with van der Waals surface area (Å²) >= 11 is 6.01. The second-order valence-corrected chi connectivity index (χ2v) is 6.06. The number of benzene rings is 1. The topological polar surface area (TPSA) is 53.1 Å². The number of anilines is 1. The number of ether oxygens (including phenoxy) is 1. The van der Waals surface area contributed by atoms with Crippen molar-refractivity contribution in [2.45, 2.75) is 0 Å².